The van der Waals surface area contributed by atoms with Crippen molar-refractivity contribution in [2.24, 2.45) is 59.2 Å². The van der Waals surface area contributed by atoms with E-state index in [9.17, 15) is 28.8 Å². The third-order valence-electron chi connectivity index (χ3n) is 12.0. The molecule has 3 fully saturated rings. The number of esters is 6. The zero-order valence-electron chi connectivity index (χ0n) is 33.2. The molecular weight excluding hydrogens is 708 g/mol. The molecule has 0 bridgehead atoms. The maximum atomic E-state index is 13.6. The lowest BCUT2D eigenvalue weighted by molar-refractivity contribution is -0.171. The van der Waals surface area contributed by atoms with E-state index >= 15 is 0 Å². The highest BCUT2D eigenvalue weighted by Gasteiger charge is 2.46. The zero-order valence-corrected chi connectivity index (χ0v) is 33.2. The van der Waals surface area contributed by atoms with Gasteiger partial charge in [-0.15, -0.1) is 0 Å². The van der Waals surface area contributed by atoms with Crippen LogP contribution in [-0.2, 0) is 57.2 Å². The van der Waals surface area contributed by atoms with Crippen molar-refractivity contribution in [2.45, 2.75) is 98.7 Å². The predicted octanol–water partition coefficient (Wildman–Crippen LogP) is 6.27. The maximum Gasteiger partial charge on any atom is 0.306 e. The van der Waals surface area contributed by atoms with Crippen LogP contribution in [0.4, 0.5) is 0 Å². The molecule has 0 radical (unpaired) electrons. The van der Waals surface area contributed by atoms with Crippen molar-refractivity contribution in [1.82, 2.24) is 0 Å². The van der Waals surface area contributed by atoms with Gasteiger partial charge in [0.1, 0.15) is 26.4 Å². The second-order valence-electron chi connectivity index (χ2n) is 15.6. The topological polar surface area (TPSA) is 158 Å². The fraction of sp³-hybridized carbons (Fsp3) is 0.674. The van der Waals surface area contributed by atoms with Gasteiger partial charge in [-0.1, -0.05) is 76.3 Å². The van der Waals surface area contributed by atoms with Gasteiger partial charge in [-0.2, -0.15) is 0 Å². The number of cyclic esters (lactones) is 4. The van der Waals surface area contributed by atoms with Crippen molar-refractivity contribution in [3.8, 4) is 0 Å². The Labute approximate surface area is 325 Å². The van der Waals surface area contributed by atoms with Gasteiger partial charge in [-0.25, -0.2) is 0 Å². The molecule has 12 unspecified atom stereocenters. The van der Waals surface area contributed by atoms with Crippen LogP contribution in [-0.4, -0.2) is 74.5 Å². The Bertz CT molecular complexity index is 1480. The number of ether oxygens (including phenoxy) is 6. The molecule has 12 heteroatoms. The number of carbonyl (C=O) groups excluding carboxylic acids is 6. The normalized spacial score (nSPS) is 35.1. The molecule has 0 aromatic heterocycles. The van der Waals surface area contributed by atoms with Gasteiger partial charge in [0, 0.05) is 25.7 Å². The van der Waals surface area contributed by atoms with Crippen LogP contribution in [0.1, 0.15) is 86.5 Å². The molecule has 4 aliphatic rings. The van der Waals surface area contributed by atoms with E-state index in [1.54, 1.807) is 6.92 Å². The molecule has 0 amide bonds. The van der Waals surface area contributed by atoms with Crippen molar-refractivity contribution in [3.63, 3.8) is 0 Å². The summed E-state index contributed by atoms with van der Waals surface area (Å²) in [6.07, 6.45) is 14.9. The Morgan fingerprint density at radius 2 is 1.33 bits per heavy atom. The average Bonchev–Trinajstić information content (AvgIpc) is 3.16. The monoisotopic (exact) mass is 768 g/mol. The summed E-state index contributed by atoms with van der Waals surface area (Å²) in [6, 6.07) is 0. The highest BCUT2D eigenvalue weighted by molar-refractivity contribution is 5.74. The second kappa shape index (κ2) is 21.2. The average molecular weight is 769 g/mol. The molecule has 1 saturated carbocycles. The van der Waals surface area contributed by atoms with E-state index in [0.29, 0.717) is 6.42 Å². The highest BCUT2D eigenvalue weighted by Crippen LogP contribution is 2.49. The summed E-state index contributed by atoms with van der Waals surface area (Å²) in [7, 11) is 0. The van der Waals surface area contributed by atoms with Gasteiger partial charge in [-0.3, -0.25) is 28.8 Å². The largest absolute Gasteiger partial charge is 0.462 e. The minimum Gasteiger partial charge on any atom is -0.462 e. The van der Waals surface area contributed by atoms with Crippen LogP contribution in [0.15, 0.2) is 48.6 Å². The van der Waals surface area contributed by atoms with Gasteiger partial charge >= 0.3 is 35.8 Å². The van der Waals surface area contributed by atoms with Gasteiger partial charge in [0.25, 0.3) is 0 Å². The summed E-state index contributed by atoms with van der Waals surface area (Å²) >= 11 is 0. The van der Waals surface area contributed by atoms with Gasteiger partial charge in [0.2, 0.25) is 0 Å². The van der Waals surface area contributed by atoms with Gasteiger partial charge < -0.3 is 28.4 Å². The number of carbonyl (C=O) groups is 6. The first-order valence-corrected chi connectivity index (χ1v) is 19.9. The molecule has 0 N–H and O–H groups in total. The molecule has 2 heterocycles. The minimum atomic E-state index is -0.975. The first-order valence-electron chi connectivity index (χ1n) is 19.9. The molecule has 0 aromatic rings. The van der Waals surface area contributed by atoms with E-state index in [1.165, 1.54) is 0 Å². The Balaban J connectivity index is 1.48. The lowest BCUT2D eigenvalue weighted by atomic mass is 9.57. The van der Waals surface area contributed by atoms with E-state index in [4.69, 9.17) is 28.4 Å². The first-order chi connectivity index (χ1) is 26.3. The highest BCUT2D eigenvalue weighted by atomic mass is 16.6. The van der Waals surface area contributed by atoms with Gasteiger partial charge in [0.15, 0.2) is 12.2 Å². The second-order valence-corrected chi connectivity index (χ2v) is 15.6. The van der Waals surface area contributed by atoms with Crippen molar-refractivity contribution < 1.29 is 57.2 Å². The molecule has 0 spiro atoms. The van der Waals surface area contributed by atoms with E-state index in [0.717, 1.165) is 0 Å². The van der Waals surface area contributed by atoms with E-state index in [-0.39, 0.29) is 124 Å². The number of fused-ring (bicyclic) bond motifs is 2. The molecule has 55 heavy (non-hydrogen) atoms. The van der Waals surface area contributed by atoms with Crippen LogP contribution in [0.5, 0.6) is 0 Å². The zero-order chi connectivity index (χ0) is 40.1. The molecule has 12 nitrogen and oxygen atoms in total. The Morgan fingerprint density at radius 3 is 1.95 bits per heavy atom. The summed E-state index contributed by atoms with van der Waals surface area (Å²) in [5, 5.41) is 0. The van der Waals surface area contributed by atoms with Crippen LogP contribution in [0.3, 0.4) is 0 Å². The standard InChI is InChI=1S/C43H60O12/c1-7-10-11-13-30-17-42(48)54-32(22-50-38(44)9-3)23-53-41(47)21-37-35(27(5)26(4)16-36(30)37)20-40(46)52-25-33-24-51-39(45)19-34-28(6)29(12-8-2)14-15-31(34)18-43(49)55-33/h7-8,10-15,26-37H,9,16-25H2,1-6H3. The molecule has 2 aliphatic heterocycles. The first kappa shape index (κ1) is 43.5. The third-order valence-corrected chi connectivity index (χ3v) is 12.0. The van der Waals surface area contributed by atoms with Crippen LogP contribution >= 0.6 is 0 Å². The summed E-state index contributed by atoms with van der Waals surface area (Å²) in [6.45, 7) is 10.7. The number of allylic oxidation sites excluding steroid dienone is 8. The van der Waals surface area contributed by atoms with Gasteiger partial charge in [0.05, 0.1) is 12.8 Å². The smallest absolute Gasteiger partial charge is 0.306 e. The Morgan fingerprint density at radius 1 is 0.709 bits per heavy atom. The van der Waals surface area contributed by atoms with Crippen molar-refractivity contribution in [3.05, 3.63) is 48.6 Å². The lowest BCUT2D eigenvalue weighted by Crippen LogP contribution is -2.43. The van der Waals surface area contributed by atoms with Crippen LogP contribution in [0, 0.1) is 59.2 Å². The van der Waals surface area contributed by atoms with Crippen molar-refractivity contribution in [2.75, 3.05) is 26.4 Å². The molecule has 304 valence electrons. The summed E-state index contributed by atoms with van der Waals surface area (Å²) < 4.78 is 33.4. The summed E-state index contributed by atoms with van der Waals surface area (Å²) in [5.41, 5.74) is 0. The van der Waals surface area contributed by atoms with Gasteiger partial charge in [-0.05, 0) is 79.4 Å². The molecule has 0 aromatic carbocycles. The number of hydrogen-bond acceptors (Lipinski definition) is 12. The lowest BCUT2D eigenvalue weighted by Gasteiger charge is -2.47. The van der Waals surface area contributed by atoms with Crippen LogP contribution in [0.25, 0.3) is 0 Å². The van der Waals surface area contributed by atoms with E-state index in [1.807, 2.05) is 50.3 Å². The molecule has 2 saturated heterocycles. The fourth-order valence-electron chi connectivity index (χ4n) is 8.73. The van der Waals surface area contributed by atoms with Crippen molar-refractivity contribution >= 4 is 35.8 Å². The Kier molecular flexibility index (Phi) is 16.8. The predicted molar refractivity (Wildman–Crippen MR) is 201 cm³/mol. The van der Waals surface area contributed by atoms with E-state index in [2.05, 4.69) is 32.9 Å². The third kappa shape index (κ3) is 12.7. The number of rotatable bonds is 10. The maximum absolute atomic E-state index is 13.6. The quantitative estimate of drug-likeness (QED) is 0.106. The van der Waals surface area contributed by atoms with E-state index < -0.39 is 48.0 Å². The molecule has 12 atom stereocenters. The molecule has 4 rings (SSSR count). The fourth-order valence-corrected chi connectivity index (χ4v) is 8.73. The molecule has 2 aliphatic carbocycles. The minimum absolute atomic E-state index is 0.00415. The molecular formula is C43H60O12. The van der Waals surface area contributed by atoms with Crippen LogP contribution < -0.4 is 0 Å². The summed E-state index contributed by atoms with van der Waals surface area (Å²) in [5.74, 6) is -3.82. The Hall–Kier alpha value is -4.22. The van der Waals surface area contributed by atoms with Crippen molar-refractivity contribution in [1.29, 1.82) is 0 Å². The van der Waals surface area contributed by atoms with Crippen LogP contribution in [0.2, 0.25) is 0 Å². The SMILES string of the molecule is CC=CC=CC1CC(=O)OC(COC(=O)CC)COC(=O)CC2C1CC(C)C(C)C2CC(=O)OCC1COC(=O)CC2C(C=CC(C=CC)C2C)CC(=O)O1. The summed E-state index contributed by atoms with van der Waals surface area (Å²) in [4.78, 5) is 78.3. The number of hydrogen-bond donors (Lipinski definition) is 0.